The van der Waals surface area contributed by atoms with Gasteiger partial charge in [0.15, 0.2) is 12.2 Å². The van der Waals surface area contributed by atoms with Gasteiger partial charge in [0.25, 0.3) is 0 Å². The van der Waals surface area contributed by atoms with Gasteiger partial charge in [-0.25, -0.2) is 9.98 Å². The summed E-state index contributed by atoms with van der Waals surface area (Å²) >= 11 is 0. The van der Waals surface area contributed by atoms with Crippen LogP contribution in [0, 0.1) is 6.58 Å². The van der Waals surface area contributed by atoms with Gasteiger partial charge in [-0.15, -0.1) is 0 Å². The summed E-state index contributed by atoms with van der Waals surface area (Å²) in [5.41, 5.74) is 0.818. The Morgan fingerprint density at radius 1 is 1.67 bits per heavy atom. The van der Waals surface area contributed by atoms with Crippen molar-refractivity contribution in [1.29, 1.82) is 0 Å². The first-order valence-electron chi connectivity index (χ1n) is 3.41. The molecule has 2 aliphatic heterocycles. The summed E-state index contributed by atoms with van der Waals surface area (Å²) in [6, 6.07) is 0. The largest absolute Gasteiger partial charge is 0.356 e. The highest BCUT2D eigenvalue weighted by molar-refractivity contribution is 6.06. The zero-order chi connectivity index (χ0) is 8.39. The van der Waals surface area contributed by atoms with E-state index in [1.54, 1.807) is 18.6 Å². The highest BCUT2D eigenvalue weighted by Gasteiger charge is 2.16. The molecule has 2 aliphatic rings. The van der Waals surface area contributed by atoms with Crippen molar-refractivity contribution in [2.45, 2.75) is 0 Å². The van der Waals surface area contributed by atoms with Crippen molar-refractivity contribution in [3.63, 3.8) is 0 Å². The van der Waals surface area contributed by atoms with Crippen molar-refractivity contribution in [2.24, 2.45) is 9.98 Å². The molecule has 0 saturated carbocycles. The molecule has 0 bridgehead atoms. The minimum Gasteiger partial charge on any atom is -0.356 e. The molecule has 0 saturated heterocycles. The third kappa shape index (κ3) is 0.934. The molecule has 0 spiro atoms. The normalized spacial score (nSPS) is 19.2. The van der Waals surface area contributed by atoms with Crippen LogP contribution in [-0.4, -0.2) is 17.1 Å². The number of fused-ring (bicyclic) bond motifs is 1. The molecule has 2 heterocycles. The Hall–Kier alpha value is -1.84. The van der Waals surface area contributed by atoms with Crippen LogP contribution in [0.4, 0.5) is 0 Å². The number of amidine groups is 1. The zero-order valence-electron chi connectivity index (χ0n) is 6.23. The maximum absolute atomic E-state index is 5.33. The molecule has 4 heteroatoms. The quantitative estimate of drug-likeness (QED) is 0.602. The average molecular weight is 158 g/mol. The Balaban J connectivity index is 2.40. The molecule has 0 aromatic carbocycles. The summed E-state index contributed by atoms with van der Waals surface area (Å²) in [6.45, 7) is 5.33. The molecule has 2 radical (unpaired) electrons. The van der Waals surface area contributed by atoms with Crippen LogP contribution in [0.5, 0.6) is 0 Å². The van der Waals surface area contributed by atoms with Crippen molar-refractivity contribution >= 4 is 12.2 Å². The van der Waals surface area contributed by atoms with Crippen LogP contribution < -0.4 is 5.32 Å². The number of nitrogens with one attached hydrogen (secondary N) is 1. The topological polar surface area (TPSA) is 40.0 Å². The summed E-state index contributed by atoms with van der Waals surface area (Å²) < 4.78 is 0. The first-order valence-corrected chi connectivity index (χ1v) is 3.41. The summed E-state index contributed by atoms with van der Waals surface area (Å²) in [5, 5.41) is 2.98. The zero-order valence-corrected chi connectivity index (χ0v) is 6.23. The van der Waals surface area contributed by atoms with E-state index in [0.29, 0.717) is 5.84 Å². The number of aliphatic imine (C=N–C) groups is 2. The van der Waals surface area contributed by atoms with Crippen molar-refractivity contribution in [3.8, 4) is 0 Å². The molecule has 0 fully saturated rings. The summed E-state index contributed by atoms with van der Waals surface area (Å²) in [7, 11) is 0. The van der Waals surface area contributed by atoms with E-state index in [1.807, 2.05) is 0 Å². The fourth-order valence-corrected chi connectivity index (χ4v) is 0.963. The van der Waals surface area contributed by atoms with E-state index in [2.05, 4.69) is 21.6 Å². The molecule has 12 heavy (non-hydrogen) atoms. The van der Waals surface area contributed by atoms with E-state index >= 15 is 0 Å². The van der Waals surface area contributed by atoms with E-state index in [9.17, 15) is 0 Å². The highest BCUT2D eigenvalue weighted by Crippen LogP contribution is 2.08. The maximum Gasteiger partial charge on any atom is 0.182 e. The third-order valence-electron chi connectivity index (χ3n) is 1.49. The van der Waals surface area contributed by atoms with Crippen LogP contribution in [0.25, 0.3) is 0 Å². The van der Waals surface area contributed by atoms with Gasteiger partial charge in [-0.05, 0) is 6.58 Å². The van der Waals surface area contributed by atoms with Crippen LogP contribution >= 0.6 is 0 Å². The number of hydrogen-bond acceptors (Lipinski definition) is 4. The molecule has 0 aromatic rings. The van der Waals surface area contributed by atoms with Crippen molar-refractivity contribution in [2.75, 3.05) is 0 Å². The van der Waals surface area contributed by atoms with Crippen LogP contribution in [0.3, 0.4) is 0 Å². The summed E-state index contributed by atoms with van der Waals surface area (Å²) in [6.07, 6.45) is 9.04. The molecular formula is C8H6N4. The molecular weight excluding hydrogens is 152 g/mol. The maximum atomic E-state index is 5.33. The molecule has 58 valence electrons. The first kappa shape index (κ1) is 6.84. The van der Waals surface area contributed by atoms with E-state index in [4.69, 9.17) is 6.58 Å². The van der Waals surface area contributed by atoms with E-state index in [1.165, 1.54) is 11.1 Å². The van der Waals surface area contributed by atoms with Gasteiger partial charge in [-0.3, -0.25) is 4.90 Å². The fraction of sp³-hybridized carbons (Fsp3) is 0. The van der Waals surface area contributed by atoms with Gasteiger partial charge in [-0.1, -0.05) is 0 Å². The lowest BCUT2D eigenvalue weighted by Gasteiger charge is -2.22. The Morgan fingerprint density at radius 3 is 3.42 bits per heavy atom. The summed E-state index contributed by atoms with van der Waals surface area (Å²) in [4.78, 5) is 9.46. The van der Waals surface area contributed by atoms with Gasteiger partial charge in [0.05, 0.1) is 6.20 Å². The van der Waals surface area contributed by atoms with Crippen LogP contribution in [0.2, 0.25) is 0 Å². The lowest BCUT2D eigenvalue weighted by atomic mass is 10.3. The molecule has 0 aromatic heterocycles. The molecule has 0 aliphatic carbocycles. The highest BCUT2D eigenvalue weighted by atomic mass is 15.2. The number of rotatable bonds is 1. The van der Waals surface area contributed by atoms with Crippen molar-refractivity contribution < 1.29 is 0 Å². The van der Waals surface area contributed by atoms with Crippen molar-refractivity contribution in [3.05, 3.63) is 37.1 Å². The smallest absolute Gasteiger partial charge is 0.182 e. The van der Waals surface area contributed by atoms with Gasteiger partial charge in [0, 0.05) is 18.6 Å². The lowest BCUT2D eigenvalue weighted by molar-refractivity contribution is 0.816. The van der Waals surface area contributed by atoms with Crippen LogP contribution in [-0.2, 0) is 0 Å². The van der Waals surface area contributed by atoms with Gasteiger partial charge in [0.1, 0.15) is 5.70 Å². The fourth-order valence-electron chi connectivity index (χ4n) is 0.963. The molecule has 0 unspecified atom stereocenters. The number of nitrogens with zero attached hydrogens (tertiary/aromatic N) is 3. The Morgan fingerprint density at radius 2 is 2.58 bits per heavy atom. The third-order valence-corrected chi connectivity index (χ3v) is 1.49. The molecule has 1 N–H and O–H groups in total. The van der Waals surface area contributed by atoms with Crippen LogP contribution in [0.15, 0.2) is 40.5 Å². The van der Waals surface area contributed by atoms with E-state index in [-0.39, 0.29) is 0 Å². The lowest BCUT2D eigenvalue weighted by Crippen LogP contribution is -2.33. The van der Waals surface area contributed by atoms with Gasteiger partial charge < -0.3 is 5.32 Å². The first-order chi connectivity index (χ1) is 5.92. The Bertz CT molecular complexity index is 322. The van der Waals surface area contributed by atoms with Gasteiger partial charge >= 0.3 is 0 Å². The minimum absolute atomic E-state index is 0.704. The SMILES string of the molecule is [CH]=CN1[C]=NC=C2NC=CN=C21. The second-order valence-electron chi connectivity index (χ2n) is 2.20. The second-order valence-corrected chi connectivity index (χ2v) is 2.20. The molecule has 4 nitrogen and oxygen atoms in total. The Labute approximate surface area is 70.3 Å². The molecule has 0 atom stereocenters. The minimum atomic E-state index is 0.704. The van der Waals surface area contributed by atoms with Crippen molar-refractivity contribution in [1.82, 2.24) is 10.2 Å². The monoisotopic (exact) mass is 158 g/mol. The second kappa shape index (κ2) is 2.65. The van der Waals surface area contributed by atoms with E-state index < -0.39 is 0 Å². The Kier molecular flexibility index (Phi) is 1.51. The predicted octanol–water partition coefficient (Wildman–Crippen LogP) is 0.468. The average Bonchev–Trinajstić information content (AvgIpc) is 2.17. The predicted molar refractivity (Wildman–Crippen MR) is 45.9 cm³/mol. The number of hydrogen-bond donors (Lipinski definition) is 1. The van der Waals surface area contributed by atoms with Gasteiger partial charge in [-0.2, -0.15) is 0 Å². The van der Waals surface area contributed by atoms with Crippen LogP contribution in [0.1, 0.15) is 0 Å². The molecule has 0 amide bonds. The summed E-state index contributed by atoms with van der Waals surface area (Å²) in [5.74, 6) is 0.704. The standard InChI is InChI=1S/C8H6N4/c1-2-12-6-9-5-7-8(12)11-4-3-10-7/h1-5,10H. The van der Waals surface area contributed by atoms with E-state index in [0.717, 1.165) is 5.70 Å². The van der Waals surface area contributed by atoms with Gasteiger partial charge in [0.2, 0.25) is 0 Å². The molecule has 2 rings (SSSR count).